The van der Waals surface area contributed by atoms with Gasteiger partial charge >= 0.3 is 0 Å². The molecule has 0 saturated heterocycles. The predicted molar refractivity (Wildman–Crippen MR) is 74.4 cm³/mol. The summed E-state index contributed by atoms with van der Waals surface area (Å²) in [6, 6.07) is 11.1. The minimum Gasteiger partial charge on any atom is -0.467 e. The van der Waals surface area contributed by atoms with Crippen molar-refractivity contribution in [3.05, 3.63) is 54.0 Å². The van der Waals surface area contributed by atoms with Crippen LogP contribution in [0, 0.1) is 0 Å². The van der Waals surface area contributed by atoms with Gasteiger partial charge in [0.25, 0.3) is 0 Å². The number of amides is 1. The first kappa shape index (κ1) is 13.2. The zero-order chi connectivity index (χ0) is 13.7. The van der Waals surface area contributed by atoms with Crippen LogP contribution < -0.4 is 5.73 Å². The molecule has 0 unspecified atom stereocenters. The maximum atomic E-state index is 12.2. The summed E-state index contributed by atoms with van der Waals surface area (Å²) in [5.74, 6) is 0.868. The van der Waals surface area contributed by atoms with Gasteiger partial charge in [0.05, 0.1) is 19.2 Å². The molecule has 1 aromatic carbocycles. The number of hydrogen-bond acceptors (Lipinski definition) is 3. The Morgan fingerprint density at radius 1 is 1.32 bits per heavy atom. The fourth-order valence-corrected chi connectivity index (χ4v) is 1.96. The van der Waals surface area contributed by atoms with Crippen LogP contribution in [0.1, 0.15) is 18.2 Å². The van der Waals surface area contributed by atoms with Crippen molar-refractivity contribution in [1.82, 2.24) is 4.90 Å². The van der Waals surface area contributed by atoms with Crippen molar-refractivity contribution in [2.45, 2.75) is 19.9 Å². The van der Waals surface area contributed by atoms with Crippen LogP contribution in [-0.4, -0.2) is 17.4 Å². The van der Waals surface area contributed by atoms with Crippen LogP contribution >= 0.6 is 0 Å². The summed E-state index contributed by atoms with van der Waals surface area (Å²) in [4.78, 5) is 14.0. The molecule has 0 spiro atoms. The highest BCUT2D eigenvalue weighted by Gasteiger charge is 2.14. The lowest BCUT2D eigenvalue weighted by molar-refractivity contribution is -0.131. The summed E-state index contributed by atoms with van der Waals surface area (Å²) in [5.41, 5.74) is 7.33. The Hall–Kier alpha value is -2.23. The zero-order valence-electron chi connectivity index (χ0n) is 11.0. The van der Waals surface area contributed by atoms with Gasteiger partial charge < -0.3 is 15.1 Å². The zero-order valence-corrected chi connectivity index (χ0v) is 11.0. The van der Waals surface area contributed by atoms with Gasteiger partial charge in [-0.05, 0) is 36.8 Å². The second-order valence-electron chi connectivity index (χ2n) is 4.41. The van der Waals surface area contributed by atoms with E-state index >= 15 is 0 Å². The molecule has 1 heterocycles. The molecule has 4 nitrogen and oxygen atoms in total. The number of nitrogens with two attached hydrogens (primary N) is 1. The Labute approximate surface area is 112 Å². The van der Waals surface area contributed by atoms with E-state index in [0.29, 0.717) is 25.2 Å². The normalized spacial score (nSPS) is 10.4. The highest BCUT2D eigenvalue weighted by molar-refractivity contribution is 5.79. The van der Waals surface area contributed by atoms with Crippen molar-refractivity contribution in [2.24, 2.45) is 0 Å². The van der Waals surface area contributed by atoms with E-state index < -0.39 is 0 Å². The molecule has 2 N–H and O–H groups in total. The largest absolute Gasteiger partial charge is 0.467 e. The molecule has 0 radical (unpaired) electrons. The topological polar surface area (TPSA) is 59.5 Å². The molecule has 1 aromatic heterocycles. The average Bonchev–Trinajstić information content (AvgIpc) is 2.88. The van der Waals surface area contributed by atoms with Gasteiger partial charge in [0.15, 0.2) is 0 Å². The molecule has 0 aliphatic rings. The molecule has 2 aromatic rings. The van der Waals surface area contributed by atoms with Crippen molar-refractivity contribution < 1.29 is 9.21 Å². The smallest absolute Gasteiger partial charge is 0.227 e. The summed E-state index contributed by atoms with van der Waals surface area (Å²) in [5, 5.41) is 0. The Kier molecular flexibility index (Phi) is 4.23. The van der Waals surface area contributed by atoms with Crippen LogP contribution in [0.5, 0.6) is 0 Å². The highest BCUT2D eigenvalue weighted by atomic mass is 16.3. The number of rotatable bonds is 5. The number of hydrogen-bond donors (Lipinski definition) is 1. The molecule has 0 aliphatic heterocycles. The van der Waals surface area contributed by atoms with Crippen LogP contribution in [0.3, 0.4) is 0 Å². The average molecular weight is 258 g/mol. The summed E-state index contributed by atoms with van der Waals surface area (Å²) in [6.07, 6.45) is 1.98. The van der Waals surface area contributed by atoms with Crippen molar-refractivity contribution in [1.29, 1.82) is 0 Å². The number of anilines is 1. The van der Waals surface area contributed by atoms with Gasteiger partial charge in [0.1, 0.15) is 5.76 Å². The molecule has 0 atom stereocenters. The first-order chi connectivity index (χ1) is 9.19. The third-order valence-corrected chi connectivity index (χ3v) is 2.97. The number of benzene rings is 1. The van der Waals surface area contributed by atoms with E-state index in [2.05, 4.69) is 0 Å². The van der Waals surface area contributed by atoms with Gasteiger partial charge in [-0.2, -0.15) is 0 Å². The fourth-order valence-electron chi connectivity index (χ4n) is 1.96. The molecule has 0 saturated carbocycles. The lowest BCUT2D eigenvalue weighted by Gasteiger charge is -2.19. The quantitative estimate of drug-likeness (QED) is 0.838. The first-order valence-corrected chi connectivity index (χ1v) is 6.33. The third-order valence-electron chi connectivity index (χ3n) is 2.97. The van der Waals surface area contributed by atoms with Gasteiger partial charge in [-0.3, -0.25) is 4.79 Å². The summed E-state index contributed by atoms with van der Waals surface area (Å²) in [7, 11) is 0. The van der Waals surface area contributed by atoms with E-state index in [0.717, 1.165) is 11.3 Å². The summed E-state index contributed by atoms with van der Waals surface area (Å²) in [6.45, 7) is 3.12. The minimum absolute atomic E-state index is 0.0736. The van der Waals surface area contributed by atoms with Crippen molar-refractivity contribution >= 4 is 11.6 Å². The SMILES string of the molecule is CCN(Cc1ccco1)C(=O)Cc1cccc(N)c1. The standard InChI is InChI=1S/C15H18N2O2/c1-2-17(11-14-7-4-8-19-14)15(18)10-12-5-3-6-13(16)9-12/h3-9H,2,10-11,16H2,1H3. The molecule has 0 bridgehead atoms. The number of nitrogen functional groups attached to an aromatic ring is 1. The number of likely N-dealkylation sites (N-methyl/N-ethyl adjacent to an activating group) is 1. The number of nitrogens with zero attached hydrogens (tertiary/aromatic N) is 1. The molecule has 4 heteroatoms. The van der Waals surface area contributed by atoms with Gasteiger partial charge in [-0.15, -0.1) is 0 Å². The number of furan rings is 1. The fraction of sp³-hybridized carbons (Fsp3) is 0.267. The Morgan fingerprint density at radius 2 is 2.16 bits per heavy atom. The lowest BCUT2D eigenvalue weighted by atomic mass is 10.1. The van der Waals surface area contributed by atoms with Crippen molar-refractivity contribution in [3.8, 4) is 0 Å². The second kappa shape index (κ2) is 6.09. The van der Waals surface area contributed by atoms with E-state index in [-0.39, 0.29) is 5.91 Å². The van der Waals surface area contributed by atoms with Crippen LogP contribution in [0.25, 0.3) is 0 Å². The van der Waals surface area contributed by atoms with Gasteiger partial charge in [0, 0.05) is 12.2 Å². The first-order valence-electron chi connectivity index (χ1n) is 6.33. The Balaban J connectivity index is 2.00. The van der Waals surface area contributed by atoms with E-state index in [9.17, 15) is 4.79 Å². The second-order valence-corrected chi connectivity index (χ2v) is 4.41. The van der Waals surface area contributed by atoms with Crippen LogP contribution in [0.2, 0.25) is 0 Å². The molecule has 100 valence electrons. The number of carbonyl (C=O) groups is 1. The molecule has 19 heavy (non-hydrogen) atoms. The molecule has 2 rings (SSSR count). The van der Waals surface area contributed by atoms with Crippen LogP contribution in [-0.2, 0) is 17.8 Å². The summed E-state index contributed by atoms with van der Waals surface area (Å²) < 4.78 is 5.27. The van der Waals surface area contributed by atoms with Gasteiger partial charge in [-0.25, -0.2) is 0 Å². The van der Waals surface area contributed by atoms with E-state index in [1.54, 1.807) is 11.2 Å². The highest BCUT2D eigenvalue weighted by Crippen LogP contribution is 2.11. The van der Waals surface area contributed by atoms with Gasteiger partial charge in [-0.1, -0.05) is 12.1 Å². The summed E-state index contributed by atoms with van der Waals surface area (Å²) >= 11 is 0. The monoisotopic (exact) mass is 258 g/mol. The van der Waals surface area contributed by atoms with Crippen LogP contribution in [0.4, 0.5) is 5.69 Å². The van der Waals surface area contributed by atoms with E-state index in [1.165, 1.54) is 0 Å². The van der Waals surface area contributed by atoms with E-state index in [4.69, 9.17) is 10.2 Å². The third kappa shape index (κ3) is 3.61. The lowest BCUT2D eigenvalue weighted by Crippen LogP contribution is -2.31. The van der Waals surface area contributed by atoms with Gasteiger partial charge in [0.2, 0.25) is 5.91 Å². The maximum Gasteiger partial charge on any atom is 0.227 e. The maximum absolute atomic E-state index is 12.2. The number of carbonyl (C=O) groups excluding carboxylic acids is 1. The van der Waals surface area contributed by atoms with E-state index in [1.807, 2.05) is 43.3 Å². The molecule has 0 fully saturated rings. The predicted octanol–water partition coefficient (Wildman–Crippen LogP) is 2.45. The van der Waals surface area contributed by atoms with Crippen molar-refractivity contribution in [2.75, 3.05) is 12.3 Å². The molecule has 1 amide bonds. The minimum atomic E-state index is 0.0736. The Bertz CT molecular complexity index is 535. The molecular weight excluding hydrogens is 240 g/mol. The van der Waals surface area contributed by atoms with Crippen molar-refractivity contribution in [3.63, 3.8) is 0 Å². The Morgan fingerprint density at radius 3 is 2.79 bits per heavy atom. The van der Waals surface area contributed by atoms with Crippen LogP contribution in [0.15, 0.2) is 47.1 Å². The molecule has 0 aliphatic carbocycles. The molecular formula is C15H18N2O2.